The lowest BCUT2D eigenvalue weighted by Crippen LogP contribution is -2.51. The number of aromatic nitrogens is 1. The Morgan fingerprint density at radius 2 is 1.75 bits per heavy atom. The third kappa shape index (κ3) is 2.77. The molecule has 2 amide bonds. The van der Waals surface area contributed by atoms with Gasteiger partial charge in [-0.3, -0.25) is 9.59 Å². The molecule has 1 aromatic heterocycles. The highest BCUT2D eigenvalue weighted by molar-refractivity contribution is 5.97. The maximum Gasteiger partial charge on any atom is 0.254 e. The Morgan fingerprint density at radius 1 is 1.04 bits per heavy atom. The number of nitrogens with zero attached hydrogens (tertiary/aromatic N) is 3. The number of carbonyl (C=O) groups excluding carboxylic acids is 2. The molecule has 1 aliphatic carbocycles. The van der Waals surface area contributed by atoms with E-state index >= 15 is 0 Å². The van der Waals surface area contributed by atoms with E-state index in [1.165, 1.54) is 19.2 Å². The lowest BCUT2D eigenvalue weighted by Gasteiger charge is -2.36. The number of hydrogen-bond donors (Lipinski definition) is 0. The Morgan fingerprint density at radius 3 is 2.50 bits per heavy atom. The summed E-state index contributed by atoms with van der Waals surface area (Å²) in [6.07, 6.45) is 5.76. The van der Waals surface area contributed by atoms with E-state index in [1.807, 2.05) is 9.80 Å². The molecule has 1 aliphatic heterocycles. The fraction of sp³-hybridized carbons (Fsp3) is 0.500. The minimum atomic E-state index is -0.00661. The molecule has 0 radical (unpaired) electrons. The van der Waals surface area contributed by atoms with E-state index < -0.39 is 0 Å². The number of amides is 2. The first-order valence-corrected chi connectivity index (χ1v) is 8.64. The summed E-state index contributed by atoms with van der Waals surface area (Å²) in [5, 5.41) is 0. The summed E-state index contributed by atoms with van der Waals surface area (Å²) in [6.45, 7) is 2.45. The van der Waals surface area contributed by atoms with Gasteiger partial charge >= 0.3 is 0 Å². The predicted molar refractivity (Wildman–Crippen MR) is 88.5 cm³/mol. The van der Waals surface area contributed by atoms with Gasteiger partial charge in [0.05, 0.1) is 0 Å². The lowest BCUT2D eigenvalue weighted by molar-refractivity contribution is -0.136. The molecule has 2 fully saturated rings. The van der Waals surface area contributed by atoms with Gasteiger partial charge in [-0.05, 0) is 31.0 Å². The third-order valence-electron chi connectivity index (χ3n) is 5.16. The van der Waals surface area contributed by atoms with Crippen LogP contribution in [-0.4, -0.2) is 52.8 Å². The molecule has 0 N–H and O–H groups in total. The van der Waals surface area contributed by atoms with Crippen molar-refractivity contribution in [1.82, 2.24) is 14.8 Å². The molecule has 2 aliphatic rings. The molecule has 0 spiro atoms. The smallest absolute Gasteiger partial charge is 0.254 e. The number of piperazine rings is 1. The van der Waals surface area contributed by atoms with Crippen molar-refractivity contribution in [2.45, 2.75) is 25.7 Å². The van der Waals surface area contributed by atoms with E-state index in [-0.39, 0.29) is 17.7 Å². The van der Waals surface area contributed by atoms with Gasteiger partial charge in [0.1, 0.15) is 5.52 Å². The van der Waals surface area contributed by atoms with Crippen molar-refractivity contribution in [3.8, 4) is 0 Å². The summed E-state index contributed by atoms with van der Waals surface area (Å²) in [5.41, 5.74) is 1.99. The Kier molecular flexibility index (Phi) is 3.96. The highest BCUT2D eigenvalue weighted by Gasteiger charge is 2.30. The van der Waals surface area contributed by atoms with Crippen molar-refractivity contribution in [3.63, 3.8) is 0 Å². The van der Waals surface area contributed by atoms with Crippen LogP contribution in [0.3, 0.4) is 0 Å². The Balaban J connectivity index is 1.39. The van der Waals surface area contributed by atoms with Crippen LogP contribution in [0, 0.1) is 5.92 Å². The minimum absolute atomic E-state index is 0.00661. The first-order valence-electron chi connectivity index (χ1n) is 8.64. The zero-order valence-electron chi connectivity index (χ0n) is 13.6. The van der Waals surface area contributed by atoms with Crippen molar-refractivity contribution in [3.05, 3.63) is 30.2 Å². The van der Waals surface area contributed by atoms with Crippen LogP contribution in [-0.2, 0) is 4.79 Å². The SMILES string of the molecule is O=C(c1ccc2ocnc2c1)N1CCN(C(=O)C2CCCC2)CC1. The van der Waals surface area contributed by atoms with Crippen molar-refractivity contribution >= 4 is 22.9 Å². The van der Waals surface area contributed by atoms with E-state index in [2.05, 4.69) is 4.98 Å². The average Bonchev–Trinajstić information content (AvgIpc) is 3.31. The van der Waals surface area contributed by atoms with Gasteiger partial charge in [0.25, 0.3) is 5.91 Å². The van der Waals surface area contributed by atoms with Crippen LogP contribution in [0.5, 0.6) is 0 Å². The van der Waals surface area contributed by atoms with Crippen molar-refractivity contribution in [1.29, 1.82) is 0 Å². The molecule has 2 aromatic rings. The standard InChI is InChI=1S/C18H21N3O3/c22-17(13-3-1-2-4-13)20-7-9-21(10-8-20)18(23)14-5-6-16-15(11-14)19-12-24-16/h5-6,11-13H,1-4,7-10H2. The van der Waals surface area contributed by atoms with E-state index in [0.29, 0.717) is 42.8 Å². The molecule has 1 saturated heterocycles. The van der Waals surface area contributed by atoms with E-state index in [9.17, 15) is 9.59 Å². The second kappa shape index (κ2) is 6.26. The summed E-state index contributed by atoms with van der Waals surface area (Å²) < 4.78 is 5.21. The van der Waals surface area contributed by atoms with Gasteiger partial charge in [-0.25, -0.2) is 4.98 Å². The molecule has 0 atom stereocenters. The molecule has 1 saturated carbocycles. The highest BCUT2D eigenvalue weighted by Crippen LogP contribution is 2.27. The molecule has 4 rings (SSSR count). The van der Waals surface area contributed by atoms with E-state index in [1.54, 1.807) is 18.2 Å². The molecule has 6 heteroatoms. The fourth-order valence-corrected chi connectivity index (χ4v) is 3.73. The van der Waals surface area contributed by atoms with Gasteiger partial charge in [-0.15, -0.1) is 0 Å². The predicted octanol–water partition coefficient (Wildman–Crippen LogP) is 2.30. The minimum Gasteiger partial charge on any atom is -0.443 e. The molecule has 126 valence electrons. The van der Waals surface area contributed by atoms with Gasteiger partial charge in [0.2, 0.25) is 5.91 Å². The van der Waals surface area contributed by atoms with Crippen molar-refractivity contribution in [2.75, 3.05) is 26.2 Å². The number of fused-ring (bicyclic) bond motifs is 1. The van der Waals surface area contributed by atoms with Gasteiger partial charge in [-0.2, -0.15) is 0 Å². The monoisotopic (exact) mass is 327 g/mol. The van der Waals surface area contributed by atoms with E-state index in [4.69, 9.17) is 4.42 Å². The van der Waals surface area contributed by atoms with Crippen LogP contribution in [0.15, 0.2) is 29.0 Å². The van der Waals surface area contributed by atoms with Crippen LogP contribution in [0.2, 0.25) is 0 Å². The first-order chi connectivity index (χ1) is 11.7. The van der Waals surface area contributed by atoms with Crippen LogP contribution in [0.1, 0.15) is 36.0 Å². The Labute approximate surface area is 140 Å². The Bertz CT molecular complexity index is 756. The second-order valence-corrected chi connectivity index (χ2v) is 6.63. The third-order valence-corrected chi connectivity index (χ3v) is 5.16. The van der Waals surface area contributed by atoms with Gasteiger partial charge in [0, 0.05) is 37.7 Å². The number of rotatable bonds is 2. The number of carbonyl (C=O) groups is 2. The summed E-state index contributed by atoms with van der Waals surface area (Å²) in [7, 11) is 0. The van der Waals surface area contributed by atoms with Crippen LogP contribution >= 0.6 is 0 Å². The molecule has 0 unspecified atom stereocenters. The topological polar surface area (TPSA) is 66.7 Å². The summed E-state index contributed by atoms with van der Waals surface area (Å²) in [5.74, 6) is 0.485. The summed E-state index contributed by atoms with van der Waals surface area (Å²) >= 11 is 0. The molecule has 24 heavy (non-hydrogen) atoms. The zero-order chi connectivity index (χ0) is 16.5. The molecular weight excluding hydrogens is 306 g/mol. The van der Waals surface area contributed by atoms with Crippen LogP contribution in [0.4, 0.5) is 0 Å². The molecule has 2 heterocycles. The fourth-order valence-electron chi connectivity index (χ4n) is 3.73. The second-order valence-electron chi connectivity index (χ2n) is 6.63. The van der Waals surface area contributed by atoms with E-state index in [0.717, 1.165) is 12.8 Å². The summed E-state index contributed by atoms with van der Waals surface area (Å²) in [4.78, 5) is 33.0. The lowest BCUT2D eigenvalue weighted by atomic mass is 10.1. The maximum absolute atomic E-state index is 12.7. The maximum atomic E-state index is 12.7. The molecule has 1 aromatic carbocycles. The summed E-state index contributed by atoms with van der Waals surface area (Å²) in [6, 6.07) is 5.30. The largest absolute Gasteiger partial charge is 0.443 e. The zero-order valence-corrected chi connectivity index (χ0v) is 13.6. The van der Waals surface area contributed by atoms with Gasteiger partial charge in [0.15, 0.2) is 12.0 Å². The molecule has 0 bridgehead atoms. The highest BCUT2D eigenvalue weighted by atomic mass is 16.3. The molecule has 6 nitrogen and oxygen atoms in total. The van der Waals surface area contributed by atoms with Crippen LogP contribution < -0.4 is 0 Å². The van der Waals surface area contributed by atoms with Crippen molar-refractivity contribution < 1.29 is 14.0 Å². The average molecular weight is 327 g/mol. The van der Waals surface area contributed by atoms with Gasteiger partial charge < -0.3 is 14.2 Å². The van der Waals surface area contributed by atoms with Crippen molar-refractivity contribution in [2.24, 2.45) is 5.92 Å². The molecular formula is C18H21N3O3. The number of benzene rings is 1. The normalized spacial score (nSPS) is 19.2. The quantitative estimate of drug-likeness (QED) is 0.849. The Hall–Kier alpha value is -2.37. The number of hydrogen-bond acceptors (Lipinski definition) is 4. The van der Waals surface area contributed by atoms with Gasteiger partial charge in [-0.1, -0.05) is 12.8 Å². The number of oxazole rings is 1. The van der Waals surface area contributed by atoms with Crippen LogP contribution in [0.25, 0.3) is 11.1 Å². The first kappa shape index (κ1) is 15.2.